The molecule has 2 rings (SSSR count). The number of carbonyl (C=O) groups excluding carboxylic acids is 1. The molecule has 10 heteroatoms. The van der Waals surface area contributed by atoms with E-state index in [1.807, 2.05) is 0 Å². The van der Waals surface area contributed by atoms with Crippen LogP contribution in [-0.4, -0.2) is 26.0 Å². The lowest BCUT2D eigenvalue weighted by atomic mass is 10.2. The quantitative estimate of drug-likeness (QED) is 0.551. The molecule has 0 spiro atoms. The number of H-pyrrole nitrogens is 1. The lowest BCUT2D eigenvalue weighted by Crippen LogP contribution is -2.15. The van der Waals surface area contributed by atoms with E-state index in [1.165, 1.54) is 0 Å². The fraction of sp³-hybridized carbons (Fsp3) is 0. The number of anilines is 2. The van der Waals surface area contributed by atoms with Gasteiger partial charge in [-0.05, 0) is 6.07 Å². The summed E-state index contributed by atoms with van der Waals surface area (Å²) in [6, 6.07) is 2.69. The van der Waals surface area contributed by atoms with Crippen LogP contribution in [0.25, 0.3) is 0 Å². The highest BCUT2D eigenvalue weighted by Crippen LogP contribution is 2.25. The Hall–Kier alpha value is -3.04. The van der Waals surface area contributed by atoms with Gasteiger partial charge in [-0.15, -0.1) is 5.10 Å². The molecule has 19 heavy (non-hydrogen) atoms. The summed E-state index contributed by atoms with van der Waals surface area (Å²) in [6.07, 6.45) is 0. The average Bonchev–Trinajstić information content (AvgIpc) is 2.75. The van der Waals surface area contributed by atoms with E-state index in [1.54, 1.807) is 0 Å². The first-order valence-corrected chi connectivity index (χ1v) is 4.90. The van der Waals surface area contributed by atoms with E-state index < -0.39 is 22.3 Å². The Labute approximate surface area is 104 Å². The Morgan fingerprint density at radius 3 is 2.84 bits per heavy atom. The highest BCUT2D eigenvalue weighted by atomic mass is 19.1. The summed E-state index contributed by atoms with van der Waals surface area (Å²) in [5, 5.41) is 18.5. The molecule has 2 aromatic rings. The molecule has 1 amide bonds. The van der Waals surface area contributed by atoms with Crippen LogP contribution >= 0.6 is 0 Å². The van der Waals surface area contributed by atoms with Gasteiger partial charge in [0.25, 0.3) is 11.6 Å². The fourth-order valence-corrected chi connectivity index (χ4v) is 1.33. The summed E-state index contributed by atoms with van der Waals surface area (Å²) in [4.78, 5) is 25.2. The number of hydrogen-bond acceptors (Lipinski definition) is 6. The van der Waals surface area contributed by atoms with Gasteiger partial charge in [-0.25, -0.2) is 4.39 Å². The first kappa shape index (κ1) is 12.4. The summed E-state index contributed by atoms with van der Waals surface area (Å²) in [5.41, 5.74) is 4.48. The van der Waals surface area contributed by atoms with Gasteiger partial charge in [0.05, 0.1) is 4.92 Å². The molecule has 0 aliphatic heterocycles. The van der Waals surface area contributed by atoms with Gasteiger partial charge >= 0.3 is 0 Å². The van der Waals surface area contributed by atoms with Gasteiger partial charge in [-0.1, -0.05) is 0 Å². The molecule has 98 valence electrons. The Bertz CT molecular complexity index is 655. The Kier molecular flexibility index (Phi) is 3.06. The number of nitrogen functional groups attached to an aromatic ring is 1. The zero-order valence-electron chi connectivity index (χ0n) is 9.25. The number of aromatic amines is 1. The van der Waals surface area contributed by atoms with Crippen LogP contribution in [0.15, 0.2) is 18.2 Å². The molecule has 0 bridgehead atoms. The molecular formula is C9H7FN6O3. The van der Waals surface area contributed by atoms with Crippen molar-refractivity contribution >= 4 is 23.2 Å². The lowest BCUT2D eigenvalue weighted by Gasteiger charge is -2.03. The smallest absolute Gasteiger partial charge is 0.293 e. The Morgan fingerprint density at radius 1 is 1.53 bits per heavy atom. The first-order chi connectivity index (χ1) is 8.97. The molecule has 0 radical (unpaired) electrons. The number of nitrogens with two attached hydrogens (primary N) is 1. The number of halogens is 1. The second-order valence-corrected chi connectivity index (χ2v) is 3.41. The molecule has 0 saturated carbocycles. The molecule has 9 nitrogen and oxygen atoms in total. The van der Waals surface area contributed by atoms with Crippen molar-refractivity contribution in [3.63, 3.8) is 0 Å². The van der Waals surface area contributed by atoms with E-state index in [-0.39, 0.29) is 17.5 Å². The van der Waals surface area contributed by atoms with E-state index >= 15 is 0 Å². The maximum atomic E-state index is 13.0. The molecule has 4 N–H and O–H groups in total. The van der Waals surface area contributed by atoms with Gasteiger partial charge in [0.2, 0.25) is 11.8 Å². The van der Waals surface area contributed by atoms with E-state index in [4.69, 9.17) is 5.73 Å². The lowest BCUT2D eigenvalue weighted by molar-refractivity contribution is -0.384. The standard InChI is InChI=1S/C9H7FN6O3/c10-4-1-2-6(16(18)19)5(3-4)12-8(17)7-13-9(11)15-14-7/h1-3H,(H,12,17)(H3,11,13,14,15). The fourth-order valence-electron chi connectivity index (χ4n) is 1.33. The summed E-state index contributed by atoms with van der Waals surface area (Å²) < 4.78 is 13.0. The summed E-state index contributed by atoms with van der Waals surface area (Å²) in [7, 11) is 0. The van der Waals surface area contributed by atoms with Crippen molar-refractivity contribution in [3.05, 3.63) is 40.0 Å². The zero-order chi connectivity index (χ0) is 14.0. The van der Waals surface area contributed by atoms with Crippen molar-refractivity contribution in [3.8, 4) is 0 Å². The number of rotatable bonds is 3. The number of nitrogens with zero attached hydrogens (tertiary/aromatic N) is 3. The third kappa shape index (κ3) is 2.62. The highest BCUT2D eigenvalue weighted by Gasteiger charge is 2.19. The predicted octanol–water partition coefficient (Wildman–Crippen LogP) is 0.686. The van der Waals surface area contributed by atoms with Crippen LogP contribution in [-0.2, 0) is 0 Å². The summed E-state index contributed by atoms with van der Waals surface area (Å²) in [5.74, 6) is -1.94. The number of nitro groups is 1. The van der Waals surface area contributed by atoms with Crippen LogP contribution in [0.5, 0.6) is 0 Å². The monoisotopic (exact) mass is 266 g/mol. The van der Waals surface area contributed by atoms with Crippen LogP contribution in [0.2, 0.25) is 0 Å². The van der Waals surface area contributed by atoms with Crippen molar-refractivity contribution < 1.29 is 14.1 Å². The molecule has 0 aliphatic rings. The number of amides is 1. The number of nitrogens with one attached hydrogen (secondary N) is 2. The topological polar surface area (TPSA) is 140 Å². The van der Waals surface area contributed by atoms with E-state index in [0.29, 0.717) is 0 Å². The van der Waals surface area contributed by atoms with Crippen molar-refractivity contribution in [2.24, 2.45) is 0 Å². The third-order valence-corrected chi connectivity index (χ3v) is 2.12. The van der Waals surface area contributed by atoms with E-state index in [9.17, 15) is 19.3 Å². The SMILES string of the molecule is Nc1n[nH]c(C(=O)Nc2cc(F)ccc2[N+](=O)[O-])n1. The second kappa shape index (κ2) is 4.68. The number of carbonyl (C=O) groups is 1. The largest absolute Gasteiger partial charge is 0.366 e. The van der Waals surface area contributed by atoms with Crippen molar-refractivity contribution in [2.75, 3.05) is 11.1 Å². The molecule has 0 fully saturated rings. The van der Waals surface area contributed by atoms with Crippen molar-refractivity contribution in [1.29, 1.82) is 0 Å². The predicted molar refractivity (Wildman–Crippen MR) is 61.8 cm³/mol. The number of benzene rings is 1. The van der Waals surface area contributed by atoms with Crippen molar-refractivity contribution in [2.45, 2.75) is 0 Å². The minimum atomic E-state index is -0.821. The molecule has 0 atom stereocenters. The van der Waals surface area contributed by atoms with Crippen LogP contribution < -0.4 is 11.1 Å². The van der Waals surface area contributed by atoms with Crippen LogP contribution in [0.1, 0.15) is 10.6 Å². The minimum absolute atomic E-state index is 0.154. The van der Waals surface area contributed by atoms with Gasteiger partial charge in [0, 0.05) is 12.1 Å². The van der Waals surface area contributed by atoms with Gasteiger partial charge in [0.1, 0.15) is 11.5 Å². The van der Waals surface area contributed by atoms with Crippen LogP contribution in [0, 0.1) is 15.9 Å². The van der Waals surface area contributed by atoms with E-state index in [0.717, 1.165) is 18.2 Å². The molecule has 0 saturated heterocycles. The van der Waals surface area contributed by atoms with Gasteiger partial charge < -0.3 is 11.1 Å². The maximum Gasteiger partial charge on any atom is 0.293 e. The highest BCUT2D eigenvalue weighted by molar-refractivity contribution is 6.02. The molecule has 1 aromatic carbocycles. The van der Waals surface area contributed by atoms with Crippen molar-refractivity contribution in [1.82, 2.24) is 15.2 Å². The molecule has 0 aliphatic carbocycles. The number of nitro benzene ring substituents is 1. The average molecular weight is 266 g/mol. The second-order valence-electron chi connectivity index (χ2n) is 3.41. The summed E-state index contributed by atoms with van der Waals surface area (Å²) >= 11 is 0. The molecular weight excluding hydrogens is 259 g/mol. The van der Waals surface area contributed by atoms with Gasteiger partial charge in [0.15, 0.2) is 0 Å². The Morgan fingerprint density at radius 2 is 2.26 bits per heavy atom. The van der Waals surface area contributed by atoms with Gasteiger partial charge in [-0.3, -0.25) is 20.0 Å². The molecule has 1 heterocycles. The van der Waals surface area contributed by atoms with E-state index in [2.05, 4.69) is 20.5 Å². The minimum Gasteiger partial charge on any atom is -0.366 e. The Balaban J connectivity index is 2.30. The summed E-state index contributed by atoms with van der Waals surface area (Å²) in [6.45, 7) is 0. The molecule has 1 aromatic heterocycles. The third-order valence-electron chi connectivity index (χ3n) is 2.12. The first-order valence-electron chi connectivity index (χ1n) is 4.90. The van der Waals surface area contributed by atoms with Crippen LogP contribution in [0.3, 0.4) is 0 Å². The maximum absolute atomic E-state index is 13.0. The number of hydrogen-bond donors (Lipinski definition) is 3. The normalized spacial score (nSPS) is 10.2. The van der Waals surface area contributed by atoms with Crippen LogP contribution in [0.4, 0.5) is 21.7 Å². The van der Waals surface area contributed by atoms with Gasteiger partial charge in [-0.2, -0.15) is 4.98 Å². The molecule has 0 unspecified atom stereocenters. The zero-order valence-corrected chi connectivity index (χ0v) is 9.25. The number of aromatic nitrogens is 3.